The summed E-state index contributed by atoms with van der Waals surface area (Å²) in [6.07, 6.45) is 7.70. The molecule has 0 unspecified atom stereocenters. The molecule has 2 rings (SSSR count). The highest BCUT2D eigenvalue weighted by Crippen LogP contribution is 2.54. The molecule has 24 heavy (non-hydrogen) atoms. The van der Waals surface area contributed by atoms with Crippen molar-refractivity contribution in [2.75, 3.05) is 13.2 Å². The molecule has 5 atom stereocenters. The molecule has 2 aliphatic rings. The fourth-order valence-corrected chi connectivity index (χ4v) is 4.79. The molecule has 2 aliphatic carbocycles. The van der Waals surface area contributed by atoms with Gasteiger partial charge in [0.25, 0.3) is 0 Å². The SMILES string of the molecule is CC(C)=CC/C=C(\CO)[C@H]1CC[C@@]2(C)C[C@](O)(CC[C@@H]2O)[C@@H]1CO. The van der Waals surface area contributed by atoms with Crippen molar-refractivity contribution in [1.29, 1.82) is 0 Å². The second kappa shape index (κ2) is 7.69. The molecule has 4 nitrogen and oxygen atoms in total. The van der Waals surface area contributed by atoms with Gasteiger partial charge in [-0.15, -0.1) is 0 Å². The molecule has 4 N–H and O–H groups in total. The van der Waals surface area contributed by atoms with E-state index in [-0.39, 0.29) is 30.5 Å². The van der Waals surface area contributed by atoms with E-state index >= 15 is 0 Å². The van der Waals surface area contributed by atoms with Crippen LogP contribution < -0.4 is 0 Å². The van der Waals surface area contributed by atoms with Gasteiger partial charge in [0.15, 0.2) is 0 Å². The molecule has 4 heteroatoms. The Morgan fingerprint density at radius 3 is 2.42 bits per heavy atom. The molecule has 0 radical (unpaired) electrons. The Bertz CT molecular complexity index is 494. The number of rotatable bonds is 5. The van der Waals surface area contributed by atoms with Crippen LogP contribution in [-0.4, -0.2) is 45.3 Å². The minimum Gasteiger partial charge on any atom is -0.396 e. The summed E-state index contributed by atoms with van der Waals surface area (Å²) in [5.74, 6) is -0.320. The van der Waals surface area contributed by atoms with Crippen LogP contribution >= 0.6 is 0 Å². The number of aliphatic hydroxyl groups excluding tert-OH is 3. The third-order valence-electron chi connectivity index (χ3n) is 6.33. The van der Waals surface area contributed by atoms with Crippen molar-refractivity contribution < 1.29 is 20.4 Å². The van der Waals surface area contributed by atoms with E-state index in [1.54, 1.807) is 0 Å². The maximum absolute atomic E-state index is 11.3. The lowest BCUT2D eigenvalue weighted by Crippen LogP contribution is -2.52. The van der Waals surface area contributed by atoms with E-state index in [1.807, 2.05) is 26.8 Å². The Morgan fingerprint density at radius 1 is 1.12 bits per heavy atom. The van der Waals surface area contributed by atoms with Crippen LogP contribution in [0.1, 0.15) is 59.3 Å². The number of hydrogen-bond donors (Lipinski definition) is 4. The lowest BCUT2D eigenvalue weighted by Gasteiger charge is -2.48. The van der Waals surface area contributed by atoms with E-state index < -0.39 is 11.7 Å². The van der Waals surface area contributed by atoms with E-state index in [1.165, 1.54) is 5.57 Å². The van der Waals surface area contributed by atoms with E-state index in [2.05, 4.69) is 6.08 Å². The van der Waals surface area contributed by atoms with Gasteiger partial charge in [-0.1, -0.05) is 24.6 Å². The predicted molar refractivity (Wildman–Crippen MR) is 95.4 cm³/mol. The van der Waals surface area contributed by atoms with Crippen molar-refractivity contribution in [3.63, 3.8) is 0 Å². The largest absolute Gasteiger partial charge is 0.396 e. The number of aliphatic hydroxyl groups is 4. The van der Waals surface area contributed by atoms with Crippen LogP contribution in [0.5, 0.6) is 0 Å². The van der Waals surface area contributed by atoms with Crippen LogP contribution in [0.3, 0.4) is 0 Å². The number of allylic oxidation sites excluding steroid dienone is 3. The molecule has 0 aliphatic heterocycles. The van der Waals surface area contributed by atoms with Gasteiger partial charge in [-0.25, -0.2) is 0 Å². The summed E-state index contributed by atoms with van der Waals surface area (Å²) in [5, 5.41) is 41.6. The molecule has 0 saturated heterocycles. The van der Waals surface area contributed by atoms with Gasteiger partial charge in [0.2, 0.25) is 0 Å². The van der Waals surface area contributed by atoms with Gasteiger partial charge in [0.05, 0.1) is 18.3 Å². The van der Waals surface area contributed by atoms with E-state index in [4.69, 9.17) is 0 Å². The lowest BCUT2D eigenvalue weighted by atomic mass is 9.63. The number of hydrogen-bond acceptors (Lipinski definition) is 4. The normalized spacial score (nSPS) is 40.1. The molecular formula is C20H34O4. The molecule has 0 aromatic heterocycles. The maximum Gasteiger partial charge on any atom is 0.0710 e. The average Bonchev–Trinajstić information content (AvgIpc) is 2.61. The Balaban J connectivity index is 2.33. The van der Waals surface area contributed by atoms with Gasteiger partial charge in [-0.3, -0.25) is 0 Å². The zero-order valence-corrected chi connectivity index (χ0v) is 15.3. The molecule has 2 fully saturated rings. The molecule has 0 amide bonds. The van der Waals surface area contributed by atoms with Crippen LogP contribution in [0, 0.1) is 17.3 Å². The highest BCUT2D eigenvalue weighted by molar-refractivity contribution is 5.17. The fraction of sp³-hybridized carbons (Fsp3) is 0.800. The van der Waals surface area contributed by atoms with Gasteiger partial charge < -0.3 is 20.4 Å². The fourth-order valence-electron chi connectivity index (χ4n) is 4.79. The Kier molecular flexibility index (Phi) is 6.29. The summed E-state index contributed by atoms with van der Waals surface area (Å²) in [6, 6.07) is 0. The van der Waals surface area contributed by atoms with Gasteiger partial charge >= 0.3 is 0 Å². The van der Waals surface area contributed by atoms with Gasteiger partial charge in [-0.05, 0) is 69.3 Å². The van der Waals surface area contributed by atoms with Crippen LogP contribution in [0.4, 0.5) is 0 Å². The zero-order valence-electron chi connectivity index (χ0n) is 15.3. The molecule has 0 heterocycles. The monoisotopic (exact) mass is 338 g/mol. The second-order valence-corrected chi connectivity index (χ2v) is 8.38. The van der Waals surface area contributed by atoms with Crippen molar-refractivity contribution in [2.24, 2.45) is 17.3 Å². The molecule has 0 spiro atoms. The van der Waals surface area contributed by atoms with Crippen molar-refractivity contribution in [3.8, 4) is 0 Å². The Hall–Kier alpha value is -0.680. The van der Waals surface area contributed by atoms with Gasteiger partial charge in [0.1, 0.15) is 0 Å². The topological polar surface area (TPSA) is 80.9 Å². The highest BCUT2D eigenvalue weighted by Gasteiger charge is 2.54. The zero-order chi connectivity index (χ0) is 18.0. The summed E-state index contributed by atoms with van der Waals surface area (Å²) in [7, 11) is 0. The third-order valence-corrected chi connectivity index (χ3v) is 6.33. The Labute approximate surface area is 145 Å². The van der Waals surface area contributed by atoms with Gasteiger partial charge in [0, 0.05) is 12.5 Å². The molecular weight excluding hydrogens is 304 g/mol. The van der Waals surface area contributed by atoms with Crippen LogP contribution in [0.25, 0.3) is 0 Å². The van der Waals surface area contributed by atoms with E-state index in [9.17, 15) is 20.4 Å². The second-order valence-electron chi connectivity index (χ2n) is 8.38. The molecule has 0 aromatic rings. The summed E-state index contributed by atoms with van der Waals surface area (Å²) < 4.78 is 0. The minimum absolute atomic E-state index is 0.0392. The van der Waals surface area contributed by atoms with Crippen LogP contribution in [0.2, 0.25) is 0 Å². The van der Waals surface area contributed by atoms with Gasteiger partial charge in [-0.2, -0.15) is 0 Å². The summed E-state index contributed by atoms with van der Waals surface area (Å²) in [5.41, 5.74) is 0.864. The van der Waals surface area contributed by atoms with Crippen molar-refractivity contribution in [3.05, 3.63) is 23.3 Å². The minimum atomic E-state index is -0.964. The van der Waals surface area contributed by atoms with Crippen molar-refractivity contribution in [1.82, 2.24) is 0 Å². The average molecular weight is 338 g/mol. The summed E-state index contributed by atoms with van der Waals surface area (Å²) in [4.78, 5) is 0. The molecule has 0 aromatic carbocycles. The first kappa shape index (κ1) is 19.6. The molecule has 2 saturated carbocycles. The van der Waals surface area contributed by atoms with E-state index in [0.717, 1.165) is 24.8 Å². The summed E-state index contributed by atoms with van der Waals surface area (Å²) >= 11 is 0. The Morgan fingerprint density at radius 2 is 1.83 bits per heavy atom. The maximum atomic E-state index is 11.3. The third kappa shape index (κ3) is 3.93. The first-order valence-electron chi connectivity index (χ1n) is 9.20. The predicted octanol–water partition coefficient (Wildman–Crippen LogP) is 2.56. The van der Waals surface area contributed by atoms with Crippen LogP contribution in [0.15, 0.2) is 23.3 Å². The first-order chi connectivity index (χ1) is 11.3. The first-order valence-corrected chi connectivity index (χ1v) is 9.20. The van der Waals surface area contributed by atoms with E-state index in [0.29, 0.717) is 19.3 Å². The molecule has 138 valence electrons. The quantitative estimate of drug-likeness (QED) is 0.581. The lowest BCUT2D eigenvalue weighted by molar-refractivity contribution is -0.135. The smallest absolute Gasteiger partial charge is 0.0710 e. The number of fused-ring (bicyclic) bond motifs is 2. The van der Waals surface area contributed by atoms with Crippen molar-refractivity contribution >= 4 is 0 Å². The van der Waals surface area contributed by atoms with Crippen LogP contribution in [-0.2, 0) is 0 Å². The summed E-state index contributed by atoms with van der Waals surface area (Å²) in [6.45, 7) is 6.00. The van der Waals surface area contributed by atoms with Crippen molar-refractivity contribution in [2.45, 2.75) is 71.0 Å². The standard InChI is InChI=1S/C20H34O4/c1-14(2)5-4-6-15(11-21)16-7-9-19(3)13-20(24,17(16)12-22)10-8-18(19)23/h5-6,16-18,21-24H,4,7-13H2,1-3H3/b15-6+/t16-,17-,18+,19+,20-/m1/s1. The molecule has 2 bridgehead atoms. The highest BCUT2D eigenvalue weighted by atomic mass is 16.3.